The van der Waals surface area contributed by atoms with Crippen LogP contribution < -0.4 is 5.73 Å². The first kappa shape index (κ1) is 16.2. The van der Waals surface area contributed by atoms with Crippen molar-refractivity contribution in [2.75, 3.05) is 6.54 Å². The van der Waals surface area contributed by atoms with Gasteiger partial charge in [-0.05, 0) is 19.4 Å². The fraction of sp³-hybridized carbons (Fsp3) is 0.500. The summed E-state index contributed by atoms with van der Waals surface area (Å²) in [5.74, 6) is -0.301. The zero-order valence-corrected chi connectivity index (χ0v) is 12.4. The lowest BCUT2D eigenvalue weighted by atomic mass is 9.93. The second kappa shape index (κ2) is 7.66. The molecule has 0 aromatic heterocycles. The van der Waals surface area contributed by atoms with Crippen molar-refractivity contribution in [3.63, 3.8) is 0 Å². The van der Waals surface area contributed by atoms with Crippen LogP contribution in [-0.2, 0) is 4.79 Å². The Morgan fingerprint density at radius 3 is 2.40 bits per heavy atom. The van der Waals surface area contributed by atoms with E-state index in [1.807, 2.05) is 51.1 Å². The van der Waals surface area contributed by atoms with Crippen molar-refractivity contribution in [1.29, 1.82) is 5.26 Å². The molecule has 1 amide bonds. The smallest absolute Gasteiger partial charge is 0.227 e. The van der Waals surface area contributed by atoms with Crippen LogP contribution in [0.25, 0.3) is 0 Å². The van der Waals surface area contributed by atoms with E-state index in [4.69, 9.17) is 11.0 Å². The summed E-state index contributed by atoms with van der Waals surface area (Å²) >= 11 is 0. The number of carbonyl (C=O) groups is 1. The van der Waals surface area contributed by atoms with E-state index in [1.54, 1.807) is 4.90 Å². The van der Waals surface area contributed by atoms with Gasteiger partial charge in [-0.1, -0.05) is 37.3 Å². The van der Waals surface area contributed by atoms with Crippen molar-refractivity contribution >= 4 is 5.91 Å². The van der Waals surface area contributed by atoms with Gasteiger partial charge in [-0.3, -0.25) is 4.79 Å². The third kappa shape index (κ3) is 4.07. The summed E-state index contributed by atoms with van der Waals surface area (Å²) in [7, 11) is 0. The largest absolute Gasteiger partial charge is 0.339 e. The predicted molar refractivity (Wildman–Crippen MR) is 79.6 cm³/mol. The molecule has 0 heterocycles. The molecular formula is C16H23N3O. The average Bonchev–Trinajstić information content (AvgIpc) is 2.46. The molecule has 0 aliphatic rings. The molecule has 20 heavy (non-hydrogen) atoms. The number of rotatable bonds is 6. The van der Waals surface area contributed by atoms with Gasteiger partial charge in [0.05, 0.1) is 18.4 Å². The van der Waals surface area contributed by atoms with Gasteiger partial charge in [0, 0.05) is 18.6 Å². The molecule has 1 aromatic rings. The second-order valence-electron chi connectivity index (χ2n) is 5.26. The fourth-order valence-electron chi connectivity index (χ4n) is 2.17. The van der Waals surface area contributed by atoms with E-state index in [9.17, 15) is 4.79 Å². The number of hydrogen-bond donors (Lipinski definition) is 1. The first-order chi connectivity index (χ1) is 9.49. The van der Waals surface area contributed by atoms with Gasteiger partial charge in [0.15, 0.2) is 0 Å². The van der Waals surface area contributed by atoms with E-state index >= 15 is 0 Å². The van der Waals surface area contributed by atoms with Crippen LogP contribution in [-0.4, -0.2) is 23.4 Å². The highest BCUT2D eigenvalue weighted by Gasteiger charge is 2.27. The highest BCUT2D eigenvalue weighted by molar-refractivity contribution is 5.79. The third-order valence-corrected chi connectivity index (χ3v) is 3.48. The molecule has 0 saturated heterocycles. The minimum Gasteiger partial charge on any atom is -0.339 e. The van der Waals surface area contributed by atoms with Crippen molar-refractivity contribution in [2.45, 2.75) is 39.3 Å². The number of carbonyl (C=O) groups excluding carboxylic acids is 1. The van der Waals surface area contributed by atoms with Gasteiger partial charge >= 0.3 is 0 Å². The van der Waals surface area contributed by atoms with Gasteiger partial charge in [-0.25, -0.2) is 0 Å². The van der Waals surface area contributed by atoms with Crippen LogP contribution in [0.2, 0.25) is 0 Å². The van der Waals surface area contributed by atoms with Crippen molar-refractivity contribution in [2.24, 2.45) is 11.7 Å². The molecule has 0 bridgehead atoms. The quantitative estimate of drug-likeness (QED) is 0.865. The highest BCUT2D eigenvalue weighted by Crippen LogP contribution is 2.22. The SMILES string of the molecule is CC(C(=O)N(CCC#N)C(C)C)C(N)c1ccccc1. The molecule has 2 N–H and O–H groups in total. The Hall–Kier alpha value is -1.86. The van der Waals surface area contributed by atoms with Crippen LogP contribution in [0.4, 0.5) is 0 Å². The maximum absolute atomic E-state index is 12.5. The van der Waals surface area contributed by atoms with E-state index in [2.05, 4.69) is 6.07 Å². The number of hydrogen-bond acceptors (Lipinski definition) is 3. The molecule has 4 heteroatoms. The molecule has 0 radical (unpaired) electrons. The zero-order valence-electron chi connectivity index (χ0n) is 12.4. The van der Waals surface area contributed by atoms with E-state index in [0.29, 0.717) is 13.0 Å². The number of nitrogens with zero attached hydrogens (tertiary/aromatic N) is 2. The molecule has 0 saturated carbocycles. The highest BCUT2D eigenvalue weighted by atomic mass is 16.2. The number of benzene rings is 1. The van der Waals surface area contributed by atoms with Crippen LogP contribution in [0.5, 0.6) is 0 Å². The lowest BCUT2D eigenvalue weighted by Crippen LogP contribution is -2.43. The van der Waals surface area contributed by atoms with Crippen molar-refractivity contribution in [3.05, 3.63) is 35.9 Å². The summed E-state index contributed by atoms with van der Waals surface area (Å²) in [4.78, 5) is 14.3. The van der Waals surface area contributed by atoms with E-state index < -0.39 is 0 Å². The normalized spacial score (nSPS) is 13.6. The second-order valence-corrected chi connectivity index (χ2v) is 5.26. The van der Waals surface area contributed by atoms with Crippen LogP contribution in [0.3, 0.4) is 0 Å². The fourth-order valence-corrected chi connectivity index (χ4v) is 2.17. The minimum atomic E-state index is -0.327. The first-order valence-electron chi connectivity index (χ1n) is 6.97. The molecule has 0 spiro atoms. The third-order valence-electron chi connectivity index (χ3n) is 3.48. The monoisotopic (exact) mass is 273 g/mol. The molecule has 1 rings (SSSR count). The molecule has 2 atom stereocenters. The molecule has 2 unspecified atom stereocenters. The van der Waals surface area contributed by atoms with Gasteiger partial charge in [0.2, 0.25) is 5.91 Å². The molecule has 108 valence electrons. The topological polar surface area (TPSA) is 70.1 Å². The van der Waals surface area contributed by atoms with Gasteiger partial charge in [-0.2, -0.15) is 5.26 Å². The predicted octanol–water partition coefficient (Wildman–Crippen LogP) is 2.47. The van der Waals surface area contributed by atoms with Crippen LogP contribution in [0, 0.1) is 17.2 Å². The molecule has 0 aliphatic carbocycles. The van der Waals surface area contributed by atoms with E-state index in [-0.39, 0.29) is 23.9 Å². The van der Waals surface area contributed by atoms with Gasteiger partial charge in [0.25, 0.3) is 0 Å². The minimum absolute atomic E-state index is 0.00611. The Kier molecular flexibility index (Phi) is 6.20. The van der Waals surface area contributed by atoms with Crippen LogP contribution >= 0.6 is 0 Å². The summed E-state index contributed by atoms with van der Waals surface area (Å²) in [6.07, 6.45) is 0.344. The average molecular weight is 273 g/mol. The molecular weight excluding hydrogens is 250 g/mol. The Balaban J connectivity index is 2.81. The van der Waals surface area contributed by atoms with E-state index in [0.717, 1.165) is 5.56 Å². The zero-order chi connectivity index (χ0) is 15.1. The Morgan fingerprint density at radius 2 is 1.90 bits per heavy atom. The van der Waals surface area contributed by atoms with E-state index in [1.165, 1.54) is 0 Å². The first-order valence-corrected chi connectivity index (χ1v) is 6.97. The molecule has 0 fully saturated rings. The van der Waals surface area contributed by atoms with Crippen molar-refractivity contribution < 1.29 is 4.79 Å². The van der Waals surface area contributed by atoms with Gasteiger partial charge in [0.1, 0.15) is 0 Å². The molecule has 0 aliphatic heterocycles. The summed E-state index contributed by atoms with van der Waals surface area (Å²) in [5.41, 5.74) is 7.15. The van der Waals surface area contributed by atoms with Gasteiger partial charge < -0.3 is 10.6 Å². The lowest BCUT2D eigenvalue weighted by molar-refractivity contribution is -0.137. The summed E-state index contributed by atoms with van der Waals surface area (Å²) < 4.78 is 0. The maximum atomic E-state index is 12.5. The molecule has 1 aromatic carbocycles. The summed E-state index contributed by atoms with van der Waals surface area (Å²) in [5, 5.41) is 8.69. The van der Waals surface area contributed by atoms with Crippen molar-refractivity contribution in [1.82, 2.24) is 4.90 Å². The number of nitrogens with two attached hydrogens (primary N) is 1. The summed E-state index contributed by atoms with van der Waals surface area (Å²) in [6, 6.07) is 11.5. The number of nitriles is 1. The van der Waals surface area contributed by atoms with Crippen LogP contribution in [0.15, 0.2) is 30.3 Å². The van der Waals surface area contributed by atoms with Gasteiger partial charge in [-0.15, -0.1) is 0 Å². The Bertz CT molecular complexity index is 464. The maximum Gasteiger partial charge on any atom is 0.227 e. The lowest BCUT2D eigenvalue weighted by Gasteiger charge is -2.31. The van der Waals surface area contributed by atoms with Crippen LogP contribution in [0.1, 0.15) is 38.8 Å². The molecule has 4 nitrogen and oxygen atoms in total. The Morgan fingerprint density at radius 1 is 1.30 bits per heavy atom. The Labute approximate surface area is 121 Å². The standard InChI is InChI=1S/C16H23N3O/c1-12(2)19(11-7-10-17)16(20)13(3)15(18)14-8-5-4-6-9-14/h4-6,8-9,12-13,15H,7,11,18H2,1-3H3. The van der Waals surface area contributed by atoms with Crippen molar-refractivity contribution in [3.8, 4) is 6.07 Å². The summed E-state index contributed by atoms with van der Waals surface area (Å²) in [6.45, 7) is 6.21. The number of amides is 1.